The van der Waals surface area contributed by atoms with Crippen molar-refractivity contribution in [3.63, 3.8) is 0 Å². The number of carbonyl (C=O) groups excluding carboxylic acids is 1. The zero-order valence-electron chi connectivity index (χ0n) is 27.6. The van der Waals surface area contributed by atoms with E-state index in [-0.39, 0.29) is 43.6 Å². The molecule has 2 fully saturated rings. The van der Waals surface area contributed by atoms with Crippen molar-refractivity contribution in [2.75, 3.05) is 27.8 Å². The summed E-state index contributed by atoms with van der Waals surface area (Å²) in [6, 6.07) is 22.1. The minimum absolute atomic E-state index is 0.0564. The van der Waals surface area contributed by atoms with Crippen molar-refractivity contribution in [1.29, 1.82) is 0 Å². The SMILES string of the molecule is COc1ccc(CN([C@H]2C[C@@H](C)N(C(=O)OCc3ccccc3)[C@H]2COC2CCC(c3cccc(F)c3)CC2)S(=O)(=O)N(C)C)cc1. The van der Waals surface area contributed by atoms with E-state index in [2.05, 4.69) is 0 Å². The topological polar surface area (TPSA) is 88.6 Å². The Labute approximate surface area is 278 Å². The van der Waals surface area contributed by atoms with E-state index in [1.807, 2.05) is 55.5 Å². The van der Waals surface area contributed by atoms with E-state index in [1.54, 1.807) is 36.3 Å². The first-order chi connectivity index (χ1) is 22.6. The lowest BCUT2D eigenvalue weighted by atomic mass is 9.82. The molecule has 1 amide bonds. The maximum Gasteiger partial charge on any atom is 0.410 e. The predicted octanol–water partition coefficient (Wildman–Crippen LogP) is 6.35. The third kappa shape index (κ3) is 8.51. The van der Waals surface area contributed by atoms with Crippen molar-refractivity contribution >= 4 is 16.3 Å². The first kappa shape index (κ1) is 34.8. The summed E-state index contributed by atoms with van der Waals surface area (Å²) in [6.07, 6.45) is 3.17. The van der Waals surface area contributed by atoms with Crippen LogP contribution < -0.4 is 4.74 Å². The van der Waals surface area contributed by atoms with Crippen LogP contribution in [-0.4, -0.2) is 80.1 Å². The van der Waals surface area contributed by atoms with Gasteiger partial charge < -0.3 is 14.2 Å². The second-order valence-corrected chi connectivity index (χ2v) is 14.8. The molecule has 0 N–H and O–H groups in total. The Hall–Kier alpha value is -3.51. The molecule has 3 aromatic carbocycles. The Morgan fingerprint density at radius 2 is 1.64 bits per heavy atom. The quantitative estimate of drug-likeness (QED) is 0.224. The van der Waals surface area contributed by atoms with Gasteiger partial charge in [0.2, 0.25) is 0 Å². The van der Waals surface area contributed by atoms with Crippen molar-refractivity contribution in [2.24, 2.45) is 0 Å². The van der Waals surface area contributed by atoms with Crippen LogP contribution in [0.3, 0.4) is 0 Å². The lowest BCUT2D eigenvalue weighted by Crippen LogP contribution is -2.54. The number of likely N-dealkylation sites (tertiary alicyclic amines) is 1. The van der Waals surface area contributed by atoms with Gasteiger partial charge in [-0.15, -0.1) is 0 Å². The van der Waals surface area contributed by atoms with E-state index in [4.69, 9.17) is 14.2 Å². The highest BCUT2D eigenvalue weighted by Gasteiger charge is 2.49. The Morgan fingerprint density at radius 1 is 0.936 bits per heavy atom. The number of rotatable bonds is 12. The molecule has 0 aromatic heterocycles. The molecule has 11 heteroatoms. The molecular formula is C36H46FN3O6S. The van der Waals surface area contributed by atoms with E-state index in [0.717, 1.165) is 42.4 Å². The van der Waals surface area contributed by atoms with Crippen molar-refractivity contribution in [3.05, 3.63) is 101 Å². The Balaban J connectivity index is 1.37. The van der Waals surface area contributed by atoms with Crippen LogP contribution in [0.2, 0.25) is 0 Å². The lowest BCUT2D eigenvalue weighted by Gasteiger charge is -2.37. The number of halogens is 1. The van der Waals surface area contributed by atoms with Crippen LogP contribution in [-0.2, 0) is 32.8 Å². The molecule has 3 aromatic rings. The number of amides is 1. The second-order valence-electron chi connectivity index (χ2n) is 12.7. The van der Waals surface area contributed by atoms with Crippen molar-refractivity contribution in [1.82, 2.24) is 13.5 Å². The van der Waals surface area contributed by atoms with Gasteiger partial charge in [0, 0.05) is 26.7 Å². The molecule has 0 unspecified atom stereocenters. The average Bonchev–Trinajstić information content (AvgIpc) is 3.41. The maximum absolute atomic E-state index is 13.9. The number of hydrogen-bond acceptors (Lipinski definition) is 6. The third-order valence-electron chi connectivity index (χ3n) is 9.40. The predicted molar refractivity (Wildman–Crippen MR) is 179 cm³/mol. The van der Waals surface area contributed by atoms with Gasteiger partial charge in [-0.3, -0.25) is 4.90 Å². The van der Waals surface area contributed by atoms with Crippen LogP contribution in [0.25, 0.3) is 0 Å². The molecule has 47 heavy (non-hydrogen) atoms. The van der Waals surface area contributed by atoms with E-state index in [0.29, 0.717) is 12.2 Å². The monoisotopic (exact) mass is 667 g/mol. The van der Waals surface area contributed by atoms with Crippen LogP contribution in [0, 0.1) is 5.82 Å². The molecule has 5 rings (SSSR count). The molecule has 0 bridgehead atoms. The zero-order chi connectivity index (χ0) is 33.6. The second kappa shape index (κ2) is 15.6. The van der Waals surface area contributed by atoms with Crippen molar-refractivity contribution in [3.8, 4) is 5.75 Å². The fourth-order valence-corrected chi connectivity index (χ4v) is 8.09. The van der Waals surface area contributed by atoms with Gasteiger partial charge in [-0.05, 0) is 85.9 Å². The summed E-state index contributed by atoms with van der Waals surface area (Å²) in [5, 5.41) is 0. The lowest BCUT2D eigenvalue weighted by molar-refractivity contribution is -0.0165. The van der Waals surface area contributed by atoms with Gasteiger partial charge in [-0.2, -0.15) is 17.0 Å². The molecule has 1 heterocycles. The summed E-state index contributed by atoms with van der Waals surface area (Å²) in [7, 11) is 0.708. The highest BCUT2D eigenvalue weighted by atomic mass is 32.2. The summed E-state index contributed by atoms with van der Waals surface area (Å²) in [5.74, 6) is 0.712. The summed E-state index contributed by atoms with van der Waals surface area (Å²) < 4.78 is 62.0. The smallest absolute Gasteiger partial charge is 0.410 e. The van der Waals surface area contributed by atoms with Gasteiger partial charge >= 0.3 is 6.09 Å². The molecule has 9 nitrogen and oxygen atoms in total. The van der Waals surface area contributed by atoms with Gasteiger partial charge in [0.1, 0.15) is 18.2 Å². The molecule has 2 aliphatic rings. The minimum Gasteiger partial charge on any atom is -0.497 e. The fourth-order valence-electron chi connectivity index (χ4n) is 6.79. The zero-order valence-corrected chi connectivity index (χ0v) is 28.4. The van der Waals surface area contributed by atoms with Crippen LogP contribution in [0.4, 0.5) is 9.18 Å². The first-order valence-corrected chi connectivity index (χ1v) is 17.6. The van der Waals surface area contributed by atoms with Gasteiger partial charge in [-0.25, -0.2) is 9.18 Å². The standard InChI is InChI=1S/C36H46FN3O6S/c1-26-21-34(39(47(42,43)38(2)3)23-27-13-17-32(44-4)18-14-27)35(40(26)36(41)46-24-28-9-6-5-7-10-28)25-45-33-19-15-29(16-20-33)30-11-8-12-31(37)22-30/h5-14,17-18,22,26,29,33-35H,15-16,19-21,23-25H2,1-4H3/t26-,29?,33?,34+,35+/m1/s1. The number of hydrogen-bond donors (Lipinski definition) is 0. The van der Waals surface area contributed by atoms with Crippen LogP contribution in [0.15, 0.2) is 78.9 Å². The summed E-state index contributed by atoms with van der Waals surface area (Å²) in [4.78, 5) is 15.4. The number of benzene rings is 3. The van der Waals surface area contributed by atoms with E-state index in [1.165, 1.54) is 28.8 Å². The summed E-state index contributed by atoms with van der Waals surface area (Å²) in [5.41, 5.74) is 2.66. The molecule has 3 atom stereocenters. The summed E-state index contributed by atoms with van der Waals surface area (Å²) >= 11 is 0. The minimum atomic E-state index is -3.91. The van der Waals surface area contributed by atoms with Crippen LogP contribution >= 0.6 is 0 Å². The van der Waals surface area contributed by atoms with Crippen molar-refractivity contribution < 1.29 is 31.8 Å². The van der Waals surface area contributed by atoms with Gasteiger partial charge in [0.25, 0.3) is 10.2 Å². The largest absolute Gasteiger partial charge is 0.497 e. The van der Waals surface area contributed by atoms with Crippen LogP contribution in [0.1, 0.15) is 61.6 Å². The number of carbonyl (C=O) groups is 1. The molecule has 254 valence electrons. The molecule has 0 spiro atoms. The maximum atomic E-state index is 13.9. The average molecular weight is 668 g/mol. The first-order valence-electron chi connectivity index (χ1n) is 16.2. The Kier molecular flexibility index (Phi) is 11.5. The molecule has 0 radical (unpaired) electrons. The van der Waals surface area contributed by atoms with Gasteiger partial charge in [-0.1, -0.05) is 54.6 Å². The molecule has 1 saturated carbocycles. The Morgan fingerprint density at radius 3 is 2.28 bits per heavy atom. The van der Waals surface area contributed by atoms with E-state index < -0.39 is 28.4 Å². The van der Waals surface area contributed by atoms with Crippen molar-refractivity contribution in [2.45, 2.75) is 82.3 Å². The molecule has 1 aliphatic heterocycles. The highest BCUT2D eigenvalue weighted by molar-refractivity contribution is 7.86. The third-order valence-corrected chi connectivity index (χ3v) is 11.3. The summed E-state index contributed by atoms with van der Waals surface area (Å²) in [6.45, 7) is 2.31. The number of nitrogens with zero attached hydrogens (tertiary/aromatic N) is 3. The van der Waals surface area contributed by atoms with Gasteiger partial charge in [0.05, 0.1) is 31.9 Å². The van der Waals surface area contributed by atoms with E-state index in [9.17, 15) is 17.6 Å². The van der Waals surface area contributed by atoms with Gasteiger partial charge in [0.15, 0.2) is 0 Å². The molecule has 1 aliphatic carbocycles. The normalized spacial score (nSPS) is 23.3. The number of methoxy groups -OCH3 is 1. The Bertz CT molecular complexity index is 1570. The molecular weight excluding hydrogens is 621 g/mol. The highest BCUT2D eigenvalue weighted by Crippen LogP contribution is 2.37. The number of ether oxygens (including phenoxy) is 3. The molecule has 1 saturated heterocycles. The fraction of sp³-hybridized carbons (Fsp3) is 0.472. The van der Waals surface area contributed by atoms with Crippen LogP contribution in [0.5, 0.6) is 5.75 Å². The van der Waals surface area contributed by atoms with E-state index >= 15 is 0 Å².